The van der Waals surface area contributed by atoms with E-state index in [4.69, 9.17) is 5.73 Å². The maximum Gasteiger partial charge on any atom is 0.227 e. The Balaban J connectivity index is 1.84. The Morgan fingerprint density at radius 3 is 2.33 bits per heavy atom. The molecule has 2 saturated carbocycles. The molecule has 1 amide bonds. The van der Waals surface area contributed by atoms with E-state index < -0.39 is 0 Å². The molecule has 0 atom stereocenters. The van der Waals surface area contributed by atoms with Crippen molar-refractivity contribution in [3.63, 3.8) is 0 Å². The van der Waals surface area contributed by atoms with E-state index >= 15 is 0 Å². The van der Waals surface area contributed by atoms with Gasteiger partial charge in [-0.1, -0.05) is 13.8 Å². The third-order valence-electron chi connectivity index (χ3n) is 4.06. The number of rotatable bonds is 3. The fraction of sp³-hybridized carbons (Fsp3) is 0.917. The summed E-state index contributed by atoms with van der Waals surface area (Å²) >= 11 is 0. The van der Waals surface area contributed by atoms with Gasteiger partial charge in [0.2, 0.25) is 5.91 Å². The molecule has 3 N–H and O–H groups in total. The lowest BCUT2D eigenvalue weighted by atomic mass is 9.62. The summed E-state index contributed by atoms with van der Waals surface area (Å²) in [6, 6.07) is 0.423. The average Bonchev–Trinajstić information content (AvgIpc) is 2.09. The molecule has 2 aliphatic carbocycles. The zero-order valence-corrected chi connectivity index (χ0v) is 9.75. The van der Waals surface area contributed by atoms with Crippen LogP contribution < -0.4 is 11.1 Å². The average molecular weight is 210 g/mol. The van der Waals surface area contributed by atoms with Crippen molar-refractivity contribution >= 4 is 5.91 Å². The smallest absolute Gasteiger partial charge is 0.227 e. The van der Waals surface area contributed by atoms with E-state index in [0.29, 0.717) is 18.5 Å². The lowest BCUT2D eigenvalue weighted by Gasteiger charge is -2.46. The van der Waals surface area contributed by atoms with E-state index in [1.807, 2.05) is 0 Å². The van der Waals surface area contributed by atoms with E-state index in [9.17, 15) is 4.79 Å². The van der Waals surface area contributed by atoms with Crippen LogP contribution in [0.3, 0.4) is 0 Å². The molecule has 2 rings (SSSR count). The van der Waals surface area contributed by atoms with Gasteiger partial charge in [0, 0.05) is 12.6 Å². The van der Waals surface area contributed by atoms with Crippen LogP contribution >= 0.6 is 0 Å². The summed E-state index contributed by atoms with van der Waals surface area (Å²) in [7, 11) is 0. The molecule has 2 aliphatic rings. The van der Waals surface area contributed by atoms with Gasteiger partial charge in [-0.2, -0.15) is 0 Å². The van der Waals surface area contributed by atoms with Gasteiger partial charge in [0.25, 0.3) is 0 Å². The Morgan fingerprint density at radius 1 is 1.33 bits per heavy atom. The summed E-state index contributed by atoms with van der Waals surface area (Å²) in [5.41, 5.74) is 5.51. The quantitative estimate of drug-likeness (QED) is 0.737. The largest absolute Gasteiger partial charge is 0.353 e. The van der Waals surface area contributed by atoms with Gasteiger partial charge in [0.1, 0.15) is 0 Å². The number of hydrogen-bond acceptors (Lipinski definition) is 2. The van der Waals surface area contributed by atoms with Gasteiger partial charge < -0.3 is 11.1 Å². The monoisotopic (exact) mass is 210 g/mol. The highest BCUT2D eigenvalue weighted by Gasteiger charge is 2.48. The minimum atomic E-state index is -0.224. The van der Waals surface area contributed by atoms with Gasteiger partial charge in [-0.05, 0) is 37.5 Å². The van der Waals surface area contributed by atoms with Crippen LogP contribution in [0.5, 0.6) is 0 Å². The standard InChI is InChI=1S/C12H22N2O/c1-8-3-10(4-8)14-11(15)12(7-13)5-9(2)6-12/h8-10H,3-7,13H2,1-2H3,(H,14,15). The molecule has 3 heteroatoms. The molecule has 0 aliphatic heterocycles. The molecule has 0 aromatic rings. The first-order chi connectivity index (χ1) is 7.05. The van der Waals surface area contributed by atoms with Crippen molar-refractivity contribution in [1.82, 2.24) is 5.32 Å². The van der Waals surface area contributed by atoms with Gasteiger partial charge in [-0.15, -0.1) is 0 Å². The summed E-state index contributed by atoms with van der Waals surface area (Å²) in [5.74, 6) is 1.66. The highest BCUT2D eigenvalue weighted by molar-refractivity contribution is 5.84. The summed E-state index contributed by atoms with van der Waals surface area (Å²) in [6.45, 7) is 4.92. The van der Waals surface area contributed by atoms with Gasteiger partial charge >= 0.3 is 0 Å². The van der Waals surface area contributed by atoms with Crippen LogP contribution in [0, 0.1) is 17.3 Å². The number of carbonyl (C=O) groups excluding carboxylic acids is 1. The van der Waals surface area contributed by atoms with Gasteiger partial charge in [-0.3, -0.25) is 4.79 Å². The van der Waals surface area contributed by atoms with Crippen molar-refractivity contribution in [3.8, 4) is 0 Å². The Hall–Kier alpha value is -0.570. The predicted molar refractivity (Wildman–Crippen MR) is 60.2 cm³/mol. The SMILES string of the molecule is CC1CC(NC(=O)C2(CN)CC(C)C2)C1. The van der Waals surface area contributed by atoms with E-state index in [2.05, 4.69) is 19.2 Å². The number of nitrogens with two attached hydrogens (primary N) is 1. The Labute approximate surface area is 91.8 Å². The summed E-state index contributed by atoms with van der Waals surface area (Å²) in [6.07, 6.45) is 4.22. The number of nitrogens with one attached hydrogen (secondary N) is 1. The topological polar surface area (TPSA) is 55.1 Å². The lowest BCUT2D eigenvalue weighted by molar-refractivity contribution is -0.139. The van der Waals surface area contributed by atoms with Crippen LogP contribution in [0.2, 0.25) is 0 Å². The molecule has 0 radical (unpaired) electrons. The molecular formula is C12H22N2O. The fourth-order valence-electron chi connectivity index (χ4n) is 3.08. The molecule has 0 saturated heterocycles. The van der Waals surface area contributed by atoms with Crippen molar-refractivity contribution in [1.29, 1.82) is 0 Å². The molecule has 0 aromatic heterocycles. The second kappa shape index (κ2) is 3.78. The predicted octanol–water partition coefficient (Wildman–Crippen LogP) is 1.28. The molecule has 0 bridgehead atoms. The number of hydrogen-bond donors (Lipinski definition) is 2. The highest BCUT2D eigenvalue weighted by atomic mass is 16.2. The van der Waals surface area contributed by atoms with Crippen molar-refractivity contribution in [2.45, 2.75) is 45.6 Å². The molecule has 0 aromatic carbocycles. The molecule has 0 spiro atoms. The first kappa shape index (κ1) is 10.9. The zero-order valence-electron chi connectivity index (χ0n) is 9.75. The molecule has 0 heterocycles. The molecule has 3 nitrogen and oxygen atoms in total. The van der Waals surface area contributed by atoms with Gasteiger partial charge in [0.05, 0.1) is 5.41 Å². The molecule has 2 fully saturated rings. The highest BCUT2D eigenvalue weighted by Crippen LogP contribution is 2.45. The van der Waals surface area contributed by atoms with Gasteiger partial charge in [-0.25, -0.2) is 0 Å². The maximum absolute atomic E-state index is 12.0. The first-order valence-electron chi connectivity index (χ1n) is 6.07. The minimum Gasteiger partial charge on any atom is -0.353 e. The second-order valence-electron chi connectivity index (χ2n) is 5.74. The number of amides is 1. The maximum atomic E-state index is 12.0. The van der Waals surface area contributed by atoms with Crippen LogP contribution in [0.15, 0.2) is 0 Å². The third-order valence-corrected chi connectivity index (χ3v) is 4.06. The van der Waals surface area contributed by atoms with E-state index in [-0.39, 0.29) is 11.3 Å². The van der Waals surface area contributed by atoms with E-state index in [0.717, 1.165) is 31.6 Å². The van der Waals surface area contributed by atoms with E-state index in [1.54, 1.807) is 0 Å². The number of carbonyl (C=O) groups is 1. The first-order valence-corrected chi connectivity index (χ1v) is 6.07. The minimum absolute atomic E-state index is 0.208. The second-order valence-corrected chi connectivity index (χ2v) is 5.74. The molecular weight excluding hydrogens is 188 g/mol. The van der Waals surface area contributed by atoms with Crippen LogP contribution in [-0.4, -0.2) is 18.5 Å². The van der Waals surface area contributed by atoms with E-state index in [1.165, 1.54) is 0 Å². The Bertz CT molecular complexity index is 252. The van der Waals surface area contributed by atoms with Crippen molar-refractivity contribution in [2.24, 2.45) is 23.0 Å². The van der Waals surface area contributed by atoms with Crippen LogP contribution in [0.4, 0.5) is 0 Å². The lowest BCUT2D eigenvalue weighted by Crippen LogP contribution is -2.57. The Morgan fingerprint density at radius 2 is 1.93 bits per heavy atom. The van der Waals surface area contributed by atoms with Crippen LogP contribution in [0.1, 0.15) is 39.5 Å². The van der Waals surface area contributed by atoms with Crippen molar-refractivity contribution in [2.75, 3.05) is 6.54 Å². The van der Waals surface area contributed by atoms with Gasteiger partial charge in [0.15, 0.2) is 0 Å². The van der Waals surface area contributed by atoms with Crippen molar-refractivity contribution in [3.05, 3.63) is 0 Å². The molecule has 0 unspecified atom stereocenters. The zero-order chi connectivity index (χ0) is 11.1. The summed E-state index contributed by atoms with van der Waals surface area (Å²) in [4.78, 5) is 12.0. The van der Waals surface area contributed by atoms with Crippen molar-refractivity contribution < 1.29 is 4.79 Å². The molecule has 86 valence electrons. The van der Waals surface area contributed by atoms with Crippen LogP contribution in [0.25, 0.3) is 0 Å². The summed E-state index contributed by atoms with van der Waals surface area (Å²) in [5, 5.41) is 3.14. The molecule has 15 heavy (non-hydrogen) atoms. The normalized spacial score (nSPS) is 44.1. The fourth-order valence-corrected chi connectivity index (χ4v) is 3.08. The third kappa shape index (κ3) is 1.89. The summed E-state index contributed by atoms with van der Waals surface area (Å²) < 4.78 is 0. The Kier molecular flexibility index (Phi) is 2.75. The van der Waals surface area contributed by atoms with Crippen LogP contribution in [-0.2, 0) is 4.79 Å².